The van der Waals surface area contributed by atoms with Gasteiger partial charge in [-0.1, -0.05) is 46.6 Å². The molecule has 2 N–H and O–H groups in total. The number of methoxy groups -OCH3 is 1. The number of nitrogens with zero attached hydrogens (tertiary/aromatic N) is 1. The van der Waals surface area contributed by atoms with Gasteiger partial charge in [-0.15, -0.1) is 0 Å². The second-order valence-corrected chi connectivity index (χ2v) is 5.42. The van der Waals surface area contributed by atoms with Gasteiger partial charge in [-0.05, 0) is 24.3 Å². The lowest BCUT2D eigenvalue weighted by molar-refractivity contribution is 0.0515. The topological polar surface area (TPSA) is 73.9 Å². The van der Waals surface area contributed by atoms with Gasteiger partial charge in [-0.2, -0.15) is 0 Å². The maximum Gasteiger partial charge on any atom is 0.367 e. The van der Waals surface area contributed by atoms with Crippen LogP contribution < -0.4 is 10.5 Å². The summed E-state index contributed by atoms with van der Waals surface area (Å²) in [6, 6.07) is 11.8. The van der Waals surface area contributed by atoms with Crippen LogP contribution in [-0.4, -0.2) is 18.9 Å². The van der Waals surface area contributed by atoms with Gasteiger partial charge in [0.1, 0.15) is 11.6 Å². The Bertz CT molecular complexity index is 748. The number of nitrogens with two attached hydrogens (primary N) is 1. The van der Waals surface area contributed by atoms with E-state index in [9.17, 15) is 4.79 Å². The molecule has 0 amide bonds. The first-order chi connectivity index (χ1) is 11.0. The molecule has 0 aromatic heterocycles. The van der Waals surface area contributed by atoms with Crippen LogP contribution in [0.25, 0.3) is 0 Å². The Labute approximate surface area is 143 Å². The number of halogens is 2. The van der Waals surface area contributed by atoms with E-state index >= 15 is 0 Å². The molecule has 0 radical (unpaired) electrons. The maximum absolute atomic E-state index is 11.9. The van der Waals surface area contributed by atoms with E-state index in [-0.39, 0.29) is 22.8 Å². The molecule has 7 heteroatoms. The average molecular weight is 353 g/mol. The van der Waals surface area contributed by atoms with Crippen molar-refractivity contribution in [1.82, 2.24) is 0 Å². The van der Waals surface area contributed by atoms with Crippen molar-refractivity contribution in [2.45, 2.75) is 6.42 Å². The van der Waals surface area contributed by atoms with Crippen molar-refractivity contribution in [1.29, 1.82) is 0 Å². The van der Waals surface area contributed by atoms with Gasteiger partial charge in [-0.25, -0.2) is 4.79 Å². The number of amidine groups is 1. The first-order valence-electron chi connectivity index (χ1n) is 6.62. The first kappa shape index (κ1) is 17.1. The van der Waals surface area contributed by atoms with Crippen LogP contribution in [0.5, 0.6) is 5.75 Å². The van der Waals surface area contributed by atoms with Gasteiger partial charge in [0, 0.05) is 17.0 Å². The number of oxime groups is 1. The molecule has 0 saturated heterocycles. The van der Waals surface area contributed by atoms with Crippen molar-refractivity contribution in [2.75, 3.05) is 7.11 Å². The SMILES string of the molecule is COc1ccccc1C/C(N)=N\OC(=O)c1ccc(Cl)cc1Cl. The predicted molar refractivity (Wildman–Crippen MR) is 90.2 cm³/mol. The smallest absolute Gasteiger partial charge is 0.367 e. The van der Waals surface area contributed by atoms with Crippen molar-refractivity contribution < 1.29 is 14.4 Å². The van der Waals surface area contributed by atoms with Gasteiger partial charge < -0.3 is 15.3 Å². The molecule has 120 valence electrons. The summed E-state index contributed by atoms with van der Waals surface area (Å²) in [5.41, 5.74) is 6.77. The summed E-state index contributed by atoms with van der Waals surface area (Å²) in [7, 11) is 1.56. The Morgan fingerprint density at radius 3 is 2.65 bits per heavy atom. The van der Waals surface area contributed by atoms with E-state index in [4.69, 9.17) is 38.5 Å². The summed E-state index contributed by atoms with van der Waals surface area (Å²) < 4.78 is 5.22. The summed E-state index contributed by atoms with van der Waals surface area (Å²) in [6.45, 7) is 0. The second kappa shape index (κ2) is 7.85. The molecule has 0 saturated carbocycles. The molecular weight excluding hydrogens is 339 g/mol. The van der Waals surface area contributed by atoms with E-state index < -0.39 is 5.97 Å². The molecule has 0 aliphatic heterocycles. The largest absolute Gasteiger partial charge is 0.496 e. The van der Waals surface area contributed by atoms with Crippen molar-refractivity contribution in [3.63, 3.8) is 0 Å². The van der Waals surface area contributed by atoms with E-state index in [1.54, 1.807) is 7.11 Å². The zero-order valence-corrected chi connectivity index (χ0v) is 13.8. The lowest BCUT2D eigenvalue weighted by Crippen LogP contribution is -2.17. The molecule has 0 unspecified atom stereocenters. The van der Waals surface area contributed by atoms with Gasteiger partial charge in [-0.3, -0.25) is 0 Å². The third kappa shape index (κ3) is 4.61. The molecule has 0 aliphatic rings. The summed E-state index contributed by atoms with van der Waals surface area (Å²) in [5, 5.41) is 4.24. The Hall–Kier alpha value is -2.24. The van der Waals surface area contributed by atoms with Crippen LogP contribution in [0.3, 0.4) is 0 Å². The quantitative estimate of drug-likeness (QED) is 0.385. The van der Waals surface area contributed by atoms with Gasteiger partial charge in [0.15, 0.2) is 0 Å². The molecule has 0 fully saturated rings. The van der Waals surface area contributed by atoms with Crippen LogP contribution >= 0.6 is 23.2 Å². The molecule has 5 nitrogen and oxygen atoms in total. The van der Waals surface area contributed by atoms with E-state index in [2.05, 4.69) is 5.16 Å². The molecule has 2 aromatic rings. The molecule has 0 heterocycles. The number of hydrogen-bond acceptors (Lipinski definition) is 4. The zero-order valence-electron chi connectivity index (χ0n) is 12.3. The number of benzene rings is 2. The molecule has 0 bridgehead atoms. The number of ether oxygens (including phenoxy) is 1. The fourth-order valence-electron chi connectivity index (χ4n) is 1.88. The number of carbonyl (C=O) groups excluding carboxylic acids is 1. The number of hydrogen-bond donors (Lipinski definition) is 1. The standard InChI is InChI=1S/C16H14Cl2N2O3/c1-22-14-5-3-2-4-10(14)8-15(19)20-23-16(21)12-7-6-11(17)9-13(12)18/h2-7,9H,8H2,1H3,(H2,19,20). The Kier molecular flexibility index (Phi) is 5.84. The number of rotatable bonds is 5. The summed E-state index contributed by atoms with van der Waals surface area (Å²) in [5.74, 6) is 0.0975. The first-order valence-corrected chi connectivity index (χ1v) is 7.37. The zero-order chi connectivity index (χ0) is 16.8. The highest BCUT2D eigenvalue weighted by atomic mass is 35.5. The summed E-state index contributed by atoms with van der Waals surface area (Å²) in [6.07, 6.45) is 0.283. The van der Waals surface area contributed by atoms with Gasteiger partial charge in [0.2, 0.25) is 0 Å². The monoisotopic (exact) mass is 352 g/mol. The lowest BCUT2D eigenvalue weighted by Gasteiger charge is -2.07. The van der Waals surface area contributed by atoms with Crippen LogP contribution in [0.4, 0.5) is 0 Å². The number of para-hydroxylation sites is 1. The Morgan fingerprint density at radius 2 is 1.96 bits per heavy atom. The molecule has 23 heavy (non-hydrogen) atoms. The Morgan fingerprint density at radius 1 is 1.22 bits per heavy atom. The minimum Gasteiger partial charge on any atom is -0.496 e. The van der Waals surface area contributed by atoms with Crippen LogP contribution in [0.1, 0.15) is 15.9 Å². The highest BCUT2D eigenvalue weighted by molar-refractivity contribution is 6.36. The predicted octanol–water partition coefficient (Wildman–Crippen LogP) is 3.67. The van der Waals surface area contributed by atoms with Crippen molar-refractivity contribution in [3.05, 3.63) is 63.6 Å². The number of carbonyl (C=O) groups is 1. The fraction of sp³-hybridized carbons (Fsp3) is 0.125. The van der Waals surface area contributed by atoms with Gasteiger partial charge >= 0.3 is 5.97 Å². The minimum absolute atomic E-state index is 0.132. The minimum atomic E-state index is -0.713. The molecule has 2 rings (SSSR count). The highest BCUT2D eigenvalue weighted by Crippen LogP contribution is 2.22. The maximum atomic E-state index is 11.9. The van der Waals surface area contributed by atoms with E-state index in [1.807, 2.05) is 24.3 Å². The van der Waals surface area contributed by atoms with Crippen LogP contribution in [-0.2, 0) is 11.3 Å². The van der Waals surface area contributed by atoms with Crippen molar-refractivity contribution in [2.24, 2.45) is 10.9 Å². The lowest BCUT2D eigenvalue weighted by atomic mass is 10.1. The van der Waals surface area contributed by atoms with Gasteiger partial charge in [0.25, 0.3) is 0 Å². The summed E-state index contributed by atoms with van der Waals surface area (Å²) >= 11 is 11.7. The highest BCUT2D eigenvalue weighted by Gasteiger charge is 2.13. The second-order valence-electron chi connectivity index (χ2n) is 4.57. The molecule has 0 atom stereocenters. The van der Waals surface area contributed by atoms with E-state index in [0.29, 0.717) is 10.8 Å². The molecule has 0 aliphatic carbocycles. The van der Waals surface area contributed by atoms with Crippen LogP contribution in [0.2, 0.25) is 10.0 Å². The Balaban J connectivity index is 2.05. The third-order valence-electron chi connectivity index (χ3n) is 2.96. The van der Waals surface area contributed by atoms with Crippen LogP contribution in [0.15, 0.2) is 47.6 Å². The van der Waals surface area contributed by atoms with Crippen LogP contribution in [0, 0.1) is 0 Å². The van der Waals surface area contributed by atoms with Crippen molar-refractivity contribution in [3.8, 4) is 5.75 Å². The molecule has 0 spiro atoms. The van der Waals surface area contributed by atoms with Crippen molar-refractivity contribution >= 4 is 35.0 Å². The molecule has 2 aromatic carbocycles. The van der Waals surface area contributed by atoms with Gasteiger partial charge in [0.05, 0.1) is 17.7 Å². The average Bonchev–Trinajstić information content (AvgIpc) is 2.53. The normalized spacial score (nSPS) is 11.2. The third-order valence-corrected chi connectivity index (χ3v) is 3.51. The fourth-order valence-corrected chi connectivity index (χ4v) is 2.37. The van der Waals surface area contributed by atoms with E-state index in [1.165, 1.54) is 18.2 Å². The van der Waals surface area contributed by atoms with E-state index in [0.717, 1.165) is 5.56 Å². The summed E-state index contributed by atoms with van der Waals surface area (Å²) in [4.78, 5) is 16.7. The molecular formula is C16H14Cl2N2O3.